The summed E-state index contributed by atoms with van der Waals surface area (Å²) in [4.78, 5) is 0. The highest BCUT2D eigenvalue weighted by Crippen LogP contribution is 2.39. The lowest BCUT2D eigenvalue weighted by Gasteiger charge is -2.34. The van der Waals surface area contributed by atoms with Crippen LogP contribution in [0.25, 0.3) is 0 Å². The second-order valence-corrected chi connectivity index (χ2v) is 6.19. The monoisotopic (exact) mass is 291 g/mol. The quantitative estimate of drug-likeness (QED) is 0.926. The van der Waals surface area contributed by atoms with Gasteiger partial charge < -0.3 is 19.9 Å². The van der Waals surface area contributed by atoms with Gasteiger partial charge in [0.1, 0.15) is 6.10 Å². The number of benzene rings is 1. The van der Waals surface area contributed by atoms with E-state index in [0.29, 0.717) is 6.61 Å². The van der Waals surface area contributed by atoms with Crippen molar-refractivity contribution in [2.75, 3.05) is 20.3 Å². The van der Waals surface area contributed by atoms with Gasteiger partial charge in [-0.15, -0.1) is 0 Å². The van der Waals surface area contributed by atoms with Crippen LogP contribution in [0.3, 0.4) is 0 Å². The molecule has 1 unspecified atom stereocenters. The van der Waals surface area contributed by atoms with E-state index >= 15 is 0 Å². The Bertz CT molecular complexity index is 477. The summed E-state index contributed by atoms with van der Waals surface area (Å²) in [6.45, 7) is 1.43. The van der Waals surface area contributed by atoms with Crippen molar-refractivity contribution in [1.82, 2.24) is 0 Å². The first-order valence-corrected chi connectivity index (χ1v) is 7.93. The minimum atomic E-state index is -0.213. The average molecular weight is 291 g/mol. The first-order chi connectivity index (χ1) is 10.2. The number of methoxy groups -OCH3 is 1. The molecular weight excluding hydrogens is 266 g/mol. The number of rotatable bonds is 4. The van der Waals surface area contributed by atoms with E-state index in [4.69, 9.17) is 19.9 Å². The molecule has 21 heavy (non-hydrogen) atoms. The Morgan fingerprint density at radius 2 is 2.00 bits per heavy atom. The lowest BCUT2D eigenvalue weighted by molar-refractivity contribution is 0.138. The standard InChI is InChI=1S/C17H25NO3/c1-19-15-6-5-13(17(18)8-3-2-4-9-17)11-16(15)21-14-7-10-20-12-14/h5-6,11,14H,2-4,7-10,12,18H2,1H3. The molecule has 2 N–H and O–H groups in total. The summed E-state index contributed by atoms with van der Waals surface area (Å²) >= 11 is 0. The van der Waals surface area contributed by atoms with Gasteiger partial charge in [-0.25, -0.2) is 0 Å². The summed E-state index contributed by atoms with van der Waals surface area (Å²) in [6.07, 6.45) is 6.84. The molecular formula is C17H25NO3. The largest absolute Gasteiger partial charge is 0.493 e. The molecule has 1 aliphatic carbocycles. The Kier molecular flexibility index (Phi) is 4.36. The fourth-order valence-corrected chi connectivity index (χ4v) is 3.34. The Morgan fingerprint density at radius 3 is 2.67 bits per heavy atom. The Morgan fingerprint density at radius 1 is 1.19 bits per heavy atom. The molecule has 1 aromatic rings. The molecule has 0 amide bonds. The summed E-state index contributed by atoms with van der Waals surface area (Å²) in [7, 11) is 1.67. The van der Waals surface area contributed by atoms with Gasteiger partial charge in [0.15, 0.2) is 11.5 Å². The summed E-state index contributed by atoms with van der Waals surface area (Å²) in [5, 5.41) is 0. The van der Waals surface area contributed by atoms with Crippen LogP contribution in [0.2, 0.25) is 0 Å². The van der Waals surface area contributed by atoms with Crippen molar-refractivity contribution in [2.24, 2.45) is 5.73 Å². The van der Waals surface area contributed by atoms with E-state index < -0.39 is 0 Å². The molecule has 2 fully saturated rings. The molecule has 0 spiro atoms. The van der Waals surface area contributed by atoms with E-state index in [-0.39, 0.29) is 11.6 Å². The van der Waals surface area contributed by atoms with Crippen molar-refractivity contribution in [3.8, 4) is 11.5 Å². The number of hydrogen-bond acceptors (Lipinski definition) is 4. The van der Waals surface area contributed by atoms with Crippen molar-refractivity contribution in [2.45, 2.75) is 50.2 Å². The van der Waals surface area contributed by atoms with Crippen LogP contribution in [0.1, 0.15) is 44.1 Å². The highest BCUT2D eigenvalue weighted by molar-refractivity contribution is 5.45. The fourth-order valence-electron chi connectivity index (χ4n) is 3.34. The van der Waals surface area contributed by atoms with E-state index in [2.05, 4.69) is 12.1 Å². The van der Waals surface area contributed by atoms with E-state index in [9.17, 15) is 0 Å². The second-order valence-electron chi connectivity index (χ2n) is 6.19. The first-order valence-electron chi connectivity index (χ1n) is 7.93. The minimum absolute atomic E-state index is 0.120. The van der Waals surface area contributed by atoms with Gasteiger partial charge in [-0.2, -0.15) is 0 Å². The Balaban J connectivity index is 1.84. The van der Waals surface area contributed by atoms with Crippen molar-refractivity contribution in [3.05, 3.63) is 23.8 Å². The third kappa shape index (κ3) is 3.16. The van der Waals surface area contributed by atoms with Gasteiger partial charge in [-0.1, -0.05) is 25.3 Å². The van der Waals surface area contributed by atoms with Crippen LogP contribution in [0, 0.1) is 0 Å². The second kappa shape index (κ2) is 6.24. The maximum atomic E-state index is 6.63. The third-order valence-electron chi connectivity index (χ3n) is 4.67. The summed E-state index contributed by atoms with van der Waals surface area (Å²) < 4.78 is 16.9. The van der Waals surface area contributed by atoms with Gasteiger partial charge >= 0.3 is 0 Å². The Hall–Kier alpha value is -1.26. The molecule has 4 heteroatoms. The molecule has 1 saturated carbocycles. The SMILES string of the molecule is COc1ccc(C2(N)CCCCC2)cc1OC1CCOC1. The van der Waals surface area contributed by atoms with Gasteiger partial charge in [0.2, 0.25) is 0 Å². The van der Waals surface area contributed by atoms with Crippen LogP contribution in [0.15, 0.2) is 18.2 Å². The molecule has 3 rings (SSSR count). The van der Waals surface area contributed by atoms with Crippen LogP contribution in [-0.2, 0) is 10.3 Å². The lowest BCUT2D eigenvalue weighted by Crippen LogP contribution is -2.38. The Labute approximate surface area is 126 Å². The van der Waals surface area contributed by atoms with Crippen molar-refractivity contribution >= 4 is 0 Å². The predicted molar refractivity (Wildman–Crippen MR) is 81.8 cm³/mol. The minimum Gasteiger partial charge on any atom is -0.493 e. The zero-order valence-electron chi connectivity index (χ0n) is 12.8. The molecule has 0 radical (unpaired) electrons. The molecule has 116 valence electrons. The zero-order valence-corrected chi connectivity index (χ0v) is 12.8. The van der Waals surface area contributed by atoms with Gasteiger partial charge in [0.05, 0.1) is 20.3 Å². The van der Waals surface area contributed by atoms with Gasteiger partial charge in [-0.05, 0) is 30.5 Å². The molecule has 2 aliphatic rings. The molecule has 1 atom stereocenters. The summed E-state index contributed by atoms with van der Waals surface area (Å²) in [6, 6.07) is 6.13. The molecule has 1 saturated heterocycles. The highest BCUT2D eigenvalue weighted by Gasteiger charge is 2.30. The molecule has 0 bridgehead atoms. The smallest absolute Gasteiger partial charge is 0.162 e. The van der Waals surface area contributed by atoms with Crippen LogP contribution in [0.5, 0.6) is 11.5 Å². The van der Waals surface area contributed by atoms with Gasteiger partial charge in [0.25, 0.3) is 0 Å². The topological polar surface area (TPSA) is 53.7 Å². The van der Waals surface area contributed by atoms with Gasteiger partial charge in [0, 0.05) is 12.0 Å². The zero-order chi connectivity index (χ0) is 14.7. The van der Waals surface area contributed by atoms with Crippen LogP contribution in [0.4, 0.5) is 0 Å². The maximum Gasteiger partial charge on any atom is 0.162 e. The predicted octanol–water partition coefficient (Wildman–Crippen LogP) is 2.98. The van der Waals surface area contributed by atoms with E-state index in [1.807, 2.05) is 6.07 Å². The van der Waals surface area contributed by atoms with Crippen LogP contribution >= 0.6 is 0 Å². The number of ether oxygens (including phenoxy) is 3. The van der Waals surface area contributed by atoms with E-state index in [1.54, 1.807) is 7.11 Å². The third-order valence-corrected chi connectivity index (χ3v) is 4.67. The fraction of sp³-hybridized carbons (Fsp3) is 0.647. The molecule has 1 aromatic carbocycles. The molecule has 4 nitrogen and oxygen atoms in total. The average Bonchev–Trinajstić information content (AvgIpc) is 3.01. The first kappa shape index (κ1) is 14.7. The summed E-state index contributed by atoms with van der Waals surface area (Å²) in [5.74, 6) is 1.56. The van der Waals surface area contributed by atoms with Crippen molar-refractivity contribution < 1.29 is 14.2 Å². The number of nitrogens with two attached hydrogens (primary N) is 1. The maximum absolute atomic E-state index is 6.63. The number of hydrogen-bond donors (Lipinski definition) is 1. The van der Waals surface area contributed by atoms with Crippen LogP contribution < -0.4 is 15.2 Å². The van der Waals surface area contributed by atoms with Crippen LogP contribution in [-0.4, -0.2) is 26.4 Å². The molecule has 0 aromatic heterocycles. The lowest BCUT2D eigenvalue weighted by atomic mass is 9.77. The van der Waals surface area contributed by atoms with Gasteiger partial charge in [-0.3, -0.25) is 0 Å². The van der Waals surface area contributed by atoms with Crippen molar-refractivity contribution in [3.63, 3.8) is 0 Å². The van der Waals surface area contributed by atoms with Crippen molar-refractivity contribution in [1.29, 1.82) is 0 Å². The summed E-state index contributed by atoms with van der Waals surface area (Å²) in [5.41, 5.74) is 7.58. The molecule has 1 heterocycles. The molecule has 1 aliphatic heterocycles. The van der Waals surface area contributed by atoms with E-state index in [1.165, 1.54) is 19.3 Å². The van der Waals surface area contributed by atoms with E-state index in [0.717, 1.165) is 42.9 Å². The highest BCUT2D eigenvalue weighted by atomic mass is 16.6. The normalized spacial score (nSPS) is 24.8.